The lowest BCUT2D eigenvalue weighted by Gasteiger charge is -2.24. The summed E-state index contributed by atoms with van der Waals surface area (Å²) in [4.78, 5) is 0. The summed E-state index contributed by atoms with van der Waals surface area (Å²) < 4.78 is 0. The summed E-state index contributed by atoms with van der Waals surface area (Å²) >= 11 is 0. The standard InChI is InChI=1S/C45H62N2/c1-6-9-12-15-16-43(35-19-23-37(24-20-35)44(17-13-10-7-2)41-29-27-39(46)31-33(41)4)36-21-25-38(26-22-36)45(18-14-11-8-3)42-30-28-40(47)32-34(42)5/h19-32,43-45H,6-18,46-47H2,1-5H3. The largest absolute Gasteiger partial charge is 0.399 e. The van der Waals surface area contributed by atoms with Crippen LogP contribution in [-0.4, -0.2) is 0 Å². The zero-order valence-electron chi connectivity index (χ0n) is 30.2. The van der Waals surface area contributed by atoms with E-state index in [9.17, 15) is 0 Å². The monoisotopic (exact) mass is 630 g/mol. The number of nitrogens with two attached hydrogens (primary N) is 2. The molecule has 2 atom stereocenters. The van der Waals surface area contributed by atoms with Crippen molar-refractivity contribution in [3.8, 4) is 0 Å². The van der Waals surface area contributed by atoms with Gasteiger partial charge in [0.05, 0.1) is 0 Å². The maximum absolute atomic E-state index is 6.15. The Bertz CT molecular complexity index is 1370. The van der Waals surface area contributed by atoms with Crippen LogP contribution >= 0.6 is 0 Å². The molecule has 2 unspecified atom stereocenters. The summed E-state index contributed by atoms with van der Waals surface area (Å²) in [5.74, 6) is 1.21. The van der Waals surface area contributed by atoms with Crippen molar-refractivity contribution in [2.75, 3.05) is 11.5 Å². The fourth-order valence-electron chi connectivity index (χ4n) is 7.60. The lowest BCUT2D eigenvalue weighted by Crippen LogP contribution is -2.07. The van der Waals surface area contributed by atoms with Crippen LogP contribution in [0.2, 0.25) is 0 Å². The second kappa shape index (κ2) is 18.7. The van der Waals surface area contributed by atoms with E-state index in [1.807, 2.05) is 0 Å². The van der Waals surface area contributed by atoms with Crippen molar-refractivity contribution in [2.24, 2.45) is 0 Å². The molecule has 0 aliphatic carbocycles. The fraction of sp³-hybridized carbons (Fsp3) is 0.467. The first-order valence-corrected chi connectivity index (χ1v) is 18.8. The average molecular weight is 631 g/mol. The molecule has 2 nitrogen and oxygen atoms in total. The highest BCUT2D eigenvalue weighted by Gasteiger charge is 2.21. The lowest BCUT2D eigenvalue weighted by molar-refractivity contribution is 0.594. The van der Waals surface area contributed by atoms with Crippen LogP contribution in [0.5, 0.6) is 0 Å². The molecular formula is C45H62N2. The molecule has 0 bridgehead atoms. The van der Waals surface area contributed by atoms with Gasteiger partial charge in [0.15, 0.2) is 0 Å². The van der Waals surface area contributed by atoms with Crippen LogP contribution in [0.25, 0.3) is 0 Å². The summed E-state index contributed by atoms with van der Waals surface area (Å²) in [6.07, 6.45) is 16.2. The third-order valence-corrected chi connectivity index (χ3v) is 10.4. The highest BCUT2D eigenvalue weighted by atomic mass is 14.5. The van der Waals surface area contributed by atoms with E-state index < -0.39 is 0 Å². The highest BCUT2D eigenvalue weighted by Crippen LogP contribution is 2.38. The molecule has 0 heterocycles. The van der Waals surface area contributed by atoms with Crippen molar-refractivity contribution in [2.45, 2.75) is 136 Å². The maximum atomic E-state index is 6.15. The molecule has 0 amide bonds. The van der Waals surface area contributed by atoms with Crippen molar-refractivity contribution in [1.29, 1.82) is 0 Å². The second-order valence-corrected chi connectivity index (χ2v) is 14.1. The fourth-order valence-corrected chi connectivity index (χ4v) is 7.60. The number of benzene rings is 4. The lowest BCUT2D eigenvalue weighted by atomic mass is 9.81. The number of unbranched alkanes of at least 4 members (excludes halogenated alkanes) is 7. The van der Waals surface area contributed by atoms with Crippen molar-refractivity contribution < 1.29 is 0 Å². The quantitative estimate of drug-likeness (QED) is 0.0800. The molecule has 4 aromatic rings. The van der Waals surface area contributed by atoms with Gasteiger partial charge < -0.3 is 11.5 Å². The highest BCUT2D eigenvalue weighted by molar-refractivity contribution is 5.50. The van der Waals surface area contributed by atoms with Crippen LogP contribution in [-0.2, 0) is 0 Å². The van der Waals surface area contributed by atoms with Gasteiger partial charge in [-0.3, -0.25) is 0 Å². The SMILES string of the molecule is CCCCCCC(c1ccc(C(CCCCC)c2ccc(N)cc2C)cc1)c1ccc(C(CCCCC)c2ccc(N)cc2C)cc1. The van der Waals surface area contributed by atoms with Gasteiger partial charge in [0.2, 0.25) is 0 Å². The Balaban J connectivity index is 1.64. The van der Waals surface area contributed by atoms with Crippen molar-refractivity contribution in [3.63, 3.8) is 0 Å². The van der Waals surface area contributed by atoms with E-state index in [-0.39, 0.29) is 0 Å². The molecule has 0 spiro atoms. The normalized spacial score (nSPS) is 13.4. The third kappa shape index (κ3) is 10.2. The summed E-state index contributed by atoms with van der Waals surface area (Å²) in [6.45, 7) is 11.3. The molecule has 2 heteroatoms. The Labute approximate surface area is 287 Å². The Morgan fingerprint density at radius 1 is 0.404 bits per heavy atom. The summed E-state index contributed by atoms with van der Waals surface area (Å²) in [7, 11) is 0. The molecule has 4 aromatic carbocycles. The van der Waals surface area contributed by atoms with E-state index in [0.717, 1.165) is 11.4 Å². The molecule has 0 saturated heterocycles. The number of aryl methyl sites for hydroxylation is 2. The van der Waals surface area contributed by atoms with E-state index in [4.69, 9.17) is 11.5 Å². The molecule has 0 fully saturated rings. The van der Waals surface area contributed by atoms with Gasteiger partial charge in [-0.1, -0.05) is 146 Å². The summed E-state index contributed by atoms with van der Waals surface area (Å²) in [6, 6.07) is 32.3. The van der Waals surface area contributed by atoms with Gasteiger partial charge in [-0.15, -0.1) is 0 Å². The van der Waals surface area contributed by atoms with E-state index in [0.29, 0.717) is 17.8 Å². The van der Waals surface area contributed by atoms with Crippen LogP contribution in [0.4, 0.5) is 11.4 Å². The van der Waals surface area contributed by atoms with Gasteiger partial charge in [-0.2, -0.15) is 0 Å². The van der Waals surface area contributed by atoms with E-state index in [2.05, 4.69) is 120 Å². The minimum absolute atomic E-state index is 0.403. The Kier molecular flexibility index (Phi) is 14.5. The molecular weight excluding hydrogens is 569 g/mol. The topological polar surface area (TPSA) is 52.0 Å². The van der Waals surface area contributed by atoms with Gasteiger partial charge in [0.1, 0.15) is 0 Å². The van der Waals surface area contributed by atoms with Gasteiger partial charge in [0.25, 0.3) is 0 Å². The van der Waals surface area contributed by atoms with E-state index in [1.165, 1.54) is 128 Å². The molecule has 0 aromatic heterocycles. The maximum Gasteiger partial charge on any atom is 0.0316 e. The predicted octanol–water partition coefficient (Wildman–Crippen LogP) is 13.0. The molecule has 0 radical (unpaired) electrons. The van der Waals surface area contributed by atoms with Crippen LogP contribution in [0, 0.1) is 13.8 Å². The number of nitrogen functional groups attached to an aromatic ring is 2. The van der Waals surface area contributed by atoms with Crippen LogP contribution in [0.1, 0.15) is 167 Å². The molecule has 4 rings (SSSR count). The average Bonchev–Trinajstić information content (AvgIpc) is 3.07. The predicted molar refractivity (Wildman–Crippen MR) is 207 cm³/mol. The van der Waals surface area contributed by atoms with Gasteiger partial charge >= 0.3 is 0 Å². The van der Waals surface area contributed by atoms with E-state index in [1.54, 1.807) is 0 Å². The Morgan fingerprint density at radius 3 is 1.09 bits per heavy atom. The number of anilines is 2. The molecule has 252 valence electrons. The Morgan fingerprint density at radius 2 is 0.723 bits per heavy atom. The van der Waals surface area contributed by atoms with Gasteiger partial charge in [-0.05, 0) is 102 Å². The van der Waals surface area contributed by atoms with Crippen molar-refractivity contribution in [1.82, 2.24) is 0 Å². The Hall–Kier alpha value is -3.52. The van der Waals surface area contributed by atoms with Gasteiger partial charge in [-0.25, -0.2) is 0 Å². The summed E-state index contributed by atoms with van der Waals surface area (Å²) in [5.41, 5.74) is 25.1. The van der Waals surface area contributed by atoms with Crippen molar-refractivity contribution in [3.05, 3.63) is 129 Å². The van der Waals surface area contributed by atoms with Gasteiger partial charge in [0, 0.05) is 29.1 Å². The minimum atomic E-state index is 0.403. The summed E-state index contributed by atoms with van der Waals surface area (Å²) in [5, 5.41) is 0. The first-order chi connectivity index (χ1) is 22.9. The molecule has 47 heavy (non-hydrogen) atoms. The third-order valence-electron chi connectivity index (χ3n) is 10.4. The van der Waals surface area contributed by atoms with Crippen LogP contribution in [0.15, 0.2) is 84.9 Å². The van der Waals surface area contributed by atoms with Crippen molar-refractivity contribution >= 4 is 11.4 Å². The molecule has 0 saturated carbocycles. The first-order valence-electron chi connectivity index (χ1n) is 18.8. The van der Waals surface area contributed by atoms with Crippen LogP contribution in [0.3, 0.4) is 0 Å². The number of rotatable bonds is 19. The molecule has 4 N–H and O–H groups in total. The zero-order valence-corrected chi connectivity index (χ0v) is 30.2. The van der Waals surface area contributed by atoms with Crippen LogP contribution < -0.4 is 11.5 Å². The number of hydrogen-bond acceptors (Lipinski definition) is 2. The smallest absolute Gasteiger partial charge is 0.0316 e. The first kappa shape index (κ1) is 36.3. The van der Waals surface area contributed by atoms with E-state index >= 15 is 0 Å². The number of hydrogen-bond donors (Lipinski definition) is 2. The second-order valence-electron chi connectivity index (χ2n) is 14.1. The minimum Gasteiger partial charge on any atom is -0.399 e. The zero-order chi connectivity index (χ0) is 33.6. The molecule has 0 aliphatic heterocycles. The molecule has 0 aliphatic rings.